The molecule has 0 spiro atoms. The van der Waals surface area contributed by atoms with Crippen LogP contribution in [-0.2, 0) is 13.6 Å². The van der Waals surface area contributed by atoms with E-state index in [2.05, 4.69) is 20.5 Å². The topological polar surface area (TPSA) is 95.8 Å². The Balaban J connectivity index is 2.23. The molecule has 0 amide bonds. The minimum atomic E-state index is -1.03. The van der Waals surface area contributed by atoms with E-state index in [-0.39, 0.29) is 5.69 Å². The molecule has 16 heavy (non-hydrogen) atoms. The number of aryl methyl sites for hydroxylation is 1. The average molecular weight is 219 g/mol. The number of carbonyl (C=O) groups is 1. The van der Waals surface area contributed by atoms with Crippen molar-refractivity contribution < 1.29 is 9.90 Å². The molecule has 2 aromatic rings. The summed E-state index contributed by atoms with van der Waals surface area (Å²) >= 11 is 0. The summed E-state index contributed by atoms with van der Waals surface area (Å²) in [6.45, 7) is 0.554. The van der Waals surface area contributed by atoms with E-state index in [0.717, 1.165) is 11.4 Å². The largest absolute Gasteiger partial charge is 0.476 e. The zero-order chi connectivity index (χ0) is 11.3. The van der Waals surface area contributed by atoms with Crippen LogP contribution in [0.5, 0.6) is 0 Å². The first-order valence-corrected chi connectivity index (χ1v) is 4.74. The molecular weight excluding hydrogens is 210 g/mol. The summed E-state index contributed by atoms with van der Waals surface area (Å²) < 4.78 is 1.89. The van der Waals surface area contributed by atoms with Crippen LogP contribution in [0.25, 0.3) is 11.4 Å². The van der Waals surface area contributed by atoms with E-state index < -0.39 is 5.97 Å². The molecule has 0 bridgehead atoms. The molecule has 0 fully saturated rings. The van der Waals surface area contributed by atoms with Crippen molar-refractivity contribution >= 4 is 11.7 Å². The first-order valence-electron chi connectivity index (χ1n) is 4.74. The number of aromatic amines is 1. The molecule has 3 rings (SSSR count). The SMILES string of the molecule is Cn1cnc2c1CNc1c-2n[nH]c1C(=O)O. The standard InChI is InChI=1S/C9H9N5O2/c1-14-3-11-5-4(14)2-10-6-7(5)12-13-8(6)9(15)16/h3,10H,2H2,1H3,(H,12,13)(H,15,16). The molecule has 2 aromatic heterocycles. The fourth-order valence-electron chi connectivity index (χ4n) is 1.87. The van der Waals surface area contributed by atoms with Crippen LogP contribution in [0, 0.1) is 0 Å². The molecule has 0 aliphatic carbocycles. The Morgan fingerprint density at radius 1 is 1.56 bits per heavy atom. The highest BCUT2D eigenvalue weighted by molar-refractivity contribution is 5.97. The van der Waals surface area contributed by atoms with E-state index in [1.54, 1.807) is 6.33 Å². The Hall–Kier alpha value is -2.31. The fraction of sp³-hybridized carbons (Fsp3) is 0.222. The molecule has 0 saturated carbocycles. The monoisotopic (exact) mass is 219 g/mol. The summed E-state index contributed by atoms with van der Waals surface area (Å²) in [4.78, 5) is 15.1. The number of H-pyrrole nitrogens is 1. The van der Waals surface area contributed by atoms with Crippen molar-refractivity contribution in [1.82, 2.24) is 19.7 Å². The molecule has 7 nitrogen and oxygen atoms in total. The first-order chi connectivity index (χ1) is 7.68. The van der Waals surface area contributed by atoms with Crippen LogP contribution in [0.15, 0.2) is 6.33 Å². The van der Waals surface area contributed by atoms with Crippen molar-refractivity contribution in [2.45, 2.75) is 6.54 Å². The van der Waals surface area contributed by atoms with Crippen LogP contribution in [0.2, 0.25) is 0 Å². The quantitative estimate of drug-likeness (QED) is 0.646. The minimum Gasteiger partial charge on any atom is -0.476 e. The second-order valence-corrected chi connectivity index (χ2v) is 3.63. The number of aromatic nitrogens is 4. The minimum absolute atomic E-state index is 0.0753. The molecule has 3 N–H and O–H groups in total. The van der Waals surface area contributed by atoms with Gasteiger partial charge in [0.05, 0.1) is 24.3 Å². The maximum atomic E-state index is 10.9. The highest BCUT2D eigenvalue weighted by Crippen LogP contribution is 2.34. The van der Waals surface area contributed by atoms with Gasteiger partial charge in [0, 0.05) is 7.05 Å². The van der Waals surface area contributed by atoms with E-state index in [4.69, 9.17) is 5.11 Å². The summed E-state index contributed by atoms with van der Waals surface area (Å²) in [5.74, 6) is -1.03. The molecular formula is C9H9N5O2. The van der Waals surface area contributed by atoms with E-state index >= 15 is 0 Å². The molecule has 3 heterocycles. The molecule has 1 aliphatic rings. The number of imidazole rings is 1. The Kier molecular flexibility index (Phi) is 1.59. The van der Waals surface area contributed by atoms with Crippen LogP contribution in [0.1, 0.15) is 16.2 Å². The van der Waals surface area contributed by atoms with Gasteiger partial charge in [-0.05, 0) is 0 Å². The number of hydrogen-bond acceptors (Lipinski definition) is 4. The van der Waals surface area contributed by atoms with Crippen LogP contribution >= 0.6 is 0 Å². The number of hydrogen-bond donors (Lipinski definition) is 3. The van der Waals surface area contributed by atoms with Crippen LogP contribution in [-0.4, -0.2) is 30.8 Å². The predicted molar refractivity (Wildman–Crippen MR) is 55.1 cm³/mol. The number of carboxylic acids is 1. The Labute approximate surface area is 90.1 Å². The van der Waals surface area contributed by atoms with Gasteiger partial charge >= 0.3 is 5.97 Å². The molecule has 7 heteroatoms. The highest BCUT2D eigenvalue weighted by atomic mass is 16.4. The fourth-order valence-corrected chi connectivity index (χ4v) is 1.87. The lowest BCUT2D eigenvalue weighted by molar-refractivity contribution is 0.0691. The number of fused-ring (bicyclic) bond motifs is 3. The van der Waals surface area contributed by atoms with Gasteiger partial charge in [0.15, 0.2) is 5.69 Å². The predicted octanol–water partition coefficient (Wildman–Crippen LogP) is 0.434. The third-order valence-electron chi connectivity index (χ3n) is 2.70. The lowest BCUT2D eigenvalue weighted by Crippen LogP contribution is -2.12. The zero-order valence-corrected chi connectivity index (χ0v) is 8.48. The zero-order valence-electron chi connectivity index (χ0n) is 8.48. The summed E-state index contributed by atoms with van der Waals surface area (Å²) in [6.07, 6.45) is 1.69. The number of rotatable bonds is 1. The lowest BCUT2D eigenvalue weighted by Gasteiger charge is -2.14. The number of anilines is 1. The van der Waals surface area contributed by atoms with Crippen LogP contribution < -0.4 is 5.32 Å². The van der Waals surface area contributed by atoms with Gasteiger partial charge in [0.1, 0.15) is 11.4 Å². The van der Waals surface area contributed by atoms with Crippen molar-refractivity contribution in [1.29, 1.82) is 0 Å². The Morgan fingerprint density at radius 3 is 3.12 bits per heavy atom. The van der Waals surface area contributed by atoms with Crippen LogP contribution in [0.4, 0.5) is 5.69 Å². The third-order valence-corrected chi connectivity index (χ3v) is 2.70. The molecule has 0 aromatic carbocycles. The summed E-state index contributed by atoms with van der Waals surface area (Å²) in [6, 6.07) is 0. The first kappa shape index (κ1) is 8.96. The Morgan fingerprint density at radius 2 is 2.38 bits per heavy atom. The number of aromatic carboxylic acids is 1. The normalized spacial score (nSPS) is 12.8. The van der Waals surface area contributed by atoms with Gasteiger partial charge in [-0.1, -0.05) is 0 Å². The smallest absolute Gasteiger partial charge is 0.356 e. The van der Waals surface area contributed by atoms with E-state index in [1.807, 2.05) is 11.6 Å². The summed E-state index contributed by atoms with van der Waals surface area (Å²) in [7, 11) is 1.89. The molecule has 1 aliphatic heterocycles. The number of nitrogens with one attached hydrogen (secondary N) is 2. The molecule has 0 atom stereocenters. The van der Waals surface area contributed by atoms with Gasteiger partial charge in [-0.15, -0.1) is 0 Å². The molecule has 82 valence electrons. The van der Waals surface area contributed by atoms with E-state index in [1.165, 1.54) is 0 Å². The average Bonchev–Trinajstić information content (AvgIpc) is 2.81. The maximum Gasteiger partial charge on any atom is 0.356 e. The van der Waals surface area contributed by atoms with E-state index in [9.17, 15) is 4.79 Å². The summed E-state index contributed by atoms with van der Waals surface area (Å²) in [5.41, 5.74) is 2.89. The summed E-state index contributed by atoms with van der Waals surface area (Å²) in [5, 5.41) is 18.5. The Bertz CT molecular complexity index is 583. The van der Waals surface area contributed by atoms with E-state index in [0.29, 0.717) is 17.9 Å². The van der Waals surface area contributed by atoms with Crippen molar-refractivity contribution in [2.75, 3.05) is 5.32 Å². The third kappa shape index (κ3) is 0.992. The highest BCUT2D eigenvalue weighted by Gasteiger charge is 2.27. The van der Waals surface area contributed by atoms with Crippen molar-refractivity contribution in [3.05, 3.63) is 17.7 Å². The second kappa shape index (κ2) is 2.84. The van der Waals surface area contributed by atoms with Crippen LogP contribution in [0.3, 0.4) is 0 Å². The molecule has 0 unspecified atom stereocenters. The van der Waals surface area contributed by atoms with Crippen molar-refractivity contribution in [3.63, 3.8) is 0 Å². The molecule has 0 saturated heterocycles. The van der Waals surface area contributed by atoms with Gasteiger partial charge in [-0.25, -0.2) is 9.78 Å². The van der Waals surface area contributed by atoms with Gasteiger partial charge < -0.3 is 15.0 Å². The second-order valence-electron chi connectivity index (χ2n) is 3.63. The lowest BCUT2D eigenvalue weighted by atomic mass is 10.1. The van der Waals surface area contributed by atoms with Crippen molar-refractivity contribution in [3.8, 4) is 11.4 Å². The van der Waals surface area contributed by atoms with Gasteiger partial charge in [-0.2, -0.15) is 5.10 Å². The van der Waals surface area contributed by atoms with Gasteiger partial charge in [0.25, 0.3) is 0 Å². The van der Waals surface area contributed by atoms with Gasteiger partial charge in [-0.3, -0.25) is 5.10 Å². The van der Waals surface area contributed by atoms with Gasteiger partial charge in [0.2, 0.25) is 0 Å². The number of carboxylic acid groups (broad SMARTS) is 1. The molecule has 0 radical (unpaired) electrons. The van der Waals surface area contributed by atoms with Crippen molar-refractivity contribution in [2.24, 2.45) is 7.05 Å². The number of nitrogens with zero attached hydrogens (tertiary/aromatic N) is 3. The maximum absolute atomic E-state index is 10.9.